The molecule has 1 heterocycles. The minimum absolute atomic E-state index is 0.169. The summed E-state index contributed by atoms with van der Waals surface area (Å²) in [5.74, 6) is 0.169. The van der Waals surface area contributed by atoms with Gasteiger partial charge in [-0.25, -0.2) is 0 Å². The second kappa shape index (κ2) is 5.64. The third kappa shape index (κ3) is 2.95. The first kappa shape index (κ1) is 11.9. The number of hydrogen-bond acceptors (Lipinski definition) is 3. The third-order valence-corrected chi connectivity index (χ3v) is 3.65. The van der Waals surface area contributed by atoms with Crippen LogP contribution in [0.5, 0.6) is 0 Å². The Morgan fingerprint density at radius 2 is 2.06 bits per heavy atom. The first-order valence-electron chi connectivity index (χ1n) is 6.45. The highest BCUT2D eigenvalue weighted by atomic mass is 16.7. The Labute approximate surface area is 97.3 Å². The number of hydrogen-bond donors (Lipinski definition) is 1. The van der Waals surface area contributed by atoms with Crippen molar-refractivity contribution in [2.75, 3.05) is 13.1 Å². The lowest BCUT2D eigenvalue weighted by Crippen LogP contribution is -2.40. The second-order valence-electron chi connectivity index (χ2n) is 4.92. The minimum atomic E-state index is 0.169. The van der Waals surface area contributed by atoms with Gasteiger partial charge in [-0.3, -0.25) is 9.63 Å². The normalized spacial score (nSPS) is 26.6. The van der Waals surface area contributed by atoms with Crippen molar-refractivity contribution in [3.8, 4) is 0 Å². The van der Waals surface area contributed by atoms with Gasteiger partial charge in [0.05, 0.1) is 6.10 Å². The van der Waals surface area contributed by atoms with Gasteiger partial charge in [0.25, 0.3) is 0 Å². The van der Waals surface area contributed by atoms with E-state index in [-0.39, 0.29) is 5.91 Å². The number of hydroxylamine groups is 1. The Bertz CT molecular complexity index is 239. The average molecular weight is 226 g/mol. The zero-order chi connectivity index (χ0) is 11.4. The van der Waals surface area contributed by atoms with E-state index in [1.165, 1.54) is 12.8 Å². The average Bonchev–Trinajstić information content (AvgIpc) is 2.88. The van der Waals surface area contributed by atoms with Crippen molar-refractivity contribution in [2.24, 2.45) is 0 Å². The van der Waals surface area contributed by atoms with Crippen LogP contribution in [-0.2, 0) is 9.63 Å². The molecule has 92 valence electrons. The molecular weight excluding hydrogens is 204 g/mol. The second-order valence-corrected chi connectivity index (χ2v) is 4.92. The van der Waals surface area contributed by atoms with Crippen molar-refractivity contribution >= 4 is 5.91 Å². The highest BCUT2D eigenvalue weighted by Crippen LogP contribution is 2.20. The highest BCUT2D eigenvalue weighted by molar-refractivity contribution is 5.78. The molecule has 1 saturated carbocycles. The van der Waals surface area contributed by atoms with Crippen molar-refractivity contribution in [1.29, 1.82) is 0 Å². The molecule has 1 atom stereocenters. The number of carbonyl (C=O) groups excluding carboxylic acids is 1. The van der Waals surface area contributed by atoms with Gasteiger partial charge in [-0.15, -0.1) is 0 Å². The van der Waals surface area contributed by atoms with Gasteiger partial charge in [-0.1, -0.05) is 12.8 Å². The molecular formula is C12H22N2O2. The lowest BCUT2D eigenvalue weighted by molar-refractivity contribution is -0.134. The van der Waals surface area contributed by atoms with E-state index in [0.717, 1.165) is 32.2 Å². The molecule has 4 nitrogen and oxygen atoms in total. The Morgan fingerprint density at radius 3 is 2.69 bits per heavy atom. The SMILES string of the molecule is CC1CCCN1C(=O)CNOC1CCCC1. The largest absolute Gasteiger partial charge is 0.339 e. The van der Waals surface area contributed by atoms with E-state index in [0.29, 0.717) is 18.7 Å². The molecule has 4 heteroatoms. The molecule has 1 saturated heterocycles. The fraction of sp³-hybridized carbons (Fsp3) is 0.917. The van der Waals surface area contributed by atoms with Crippen LogP contribution in [-0.4, -0.2) is 36.0 Å². The number of rotatable bonds is 4. The van der Waals surface area contributed by atoms with E-state index in [2.05, 4.69) is 12.4 Å². The summed E-state index contributed by atoms with van der Waals surface area (Å²) in [6.45, 7) is 3.34. The molecule has 1 amide bonds. The summed E-state index contributed by atoms with van der Waals surface area (Å²) in [6, 6.07) is 0.404. The molecule has 0 radical (unpaired) electrons. The minimum Gasteiger partial charge on any atom is -0.339 e. The third-order valence-electron chi connectivity index (χ3n) is 3.65. The molecule has 1 N–H and O–H groups in total. The predicted octanol–water partition coefficient (Wildman–Crippen LogP) is 1.46. The number of amides is 1. The van der Waals surface area contributed by atoms with Crippen LogP contribution in [0.15, 0.2) is 0 Å². The molecule has 0 aromatic rings. The van der Waals surface area contributed by atoms with Gasteiger partial charge < -0.3 is 4.90 Å². The summed E-state index contributed by atoms with van der Waals surface area (Å²) < 4.78 is 0. The van der Waals surface area contributed by atoms with Crippen LogP contribution in [0.4, 0.5) is 0 Å². The summed E-state index contributed by atoms with van der Waals surface area (Å²) >= 11 is 0. The molecule has 2 rings (SSSR count). The van der Waals surface area contributed by atoms with Crippen LogP contribution >= 0.6 is 0 Å². The summed E-state index contributed by atoms with van der Waals surface area (Å²) in [7, 11) is 0. The van der Waals surface area contributed by atoms with Crippen LogP contribution in [0.3, 0.4) is 0 Å². The van der Waals surface area contributed by atoms with Gasteiger partial charge in [0.2, 0.25) is 5.91 Å². The smallest absolute Gasteiger partial charge is 0.239 e. The van der Waals surface area contributed by atoms with Gasteiger partial charge in [0.1, 0.15) is 6.54 Å². The topological polar surface area (TPSA) is 41.6 Å². The van der Waals surface area contributed by atoms with Crippen LogP contribution < -0.4 is 5.48 Å². The van der Waals surface area contributed by atoms with Gasteiger partial charge in [-0.2, -0.15) is 5.48 Å². The van der Waals surface area contributed by atoms with E-state index in [1.54, 1.807) is 0 Å². The molecule has 1 aliphatic heterocycles. The van der Waals surface area contributed by atoms with Crippen LogP contribution in [0.1, 0.15) is 45.4 Å². The molecule has 2 aliphatic rings. The Morgan fingerprint density at radius 1 is 1.31 bits per heavy atom. The maximum atomic E-state index is 11.8. The molecule has 0 spiro atoms. The van der Waals surface area contributed by atoms with E-state index >= 15 is 0 Å². The highest BCUT2D eigenvalue weighted by Gasteiger charge is 2.25. The van der Waals surface area contributed by atoms with Gasteiger partial charge in [0, 0.05) is 12.6 Å². The molecule has 0 aromatic heterocycles. The van der Waals surface area contributed by atoms with Crippen molar-refractivity contribution < 1.29 is 9.63 Å². The zero-order valence-electron chi connectivity index (χ0n) is 10.1. The molecule has 16 heavy (non-hydrogen) atoms. The molecule has 2 fully saturated rings. The standard InChI is InChI=1S/C12H22N2O2/c1-10-5-4-8-14(10)12(15)9-13-16-11-6-2-3-7-11/h10-11,13H,2-9H2,1H3. The van der Waals surface area contributed by atoms with Gasteiger partial charge in [0.15, 0.2) is 0 Å². The monoisotopic (exact) mass is 226 g/mol. The summed E-state index contributed by atoms with van der Waals surface area (Å²) in [6.07, 6.45) is 7.35. The van der Waals surface area contributed by atoms with Gasteiger partial charge >= 0.3 is 0 Å². The number of nitrogens with one attached hydrogen (secondary N) is 1. The fourth-order valence-corrected chi connectivity index (χ4v) is 2.63. The van der Waals surface area contributed by atoms with E-state index in [4.69, 9.17) is 4.84 Å². The first-order chi connectivity index (χ1) is 7.77. The lowest BCUT2D eigenvalue weighted by Gasteiger charge is -2.22. The lowest BCUT2D eigenvalue weighted by atomic mass is 10.2. The molecule has 0 bridgehead atoms. The zero-order valence-corrected chi connectivity index (χ0v) is 10.1. The Kier molecular flexibility index (Phi) is 4.18. The number of carbonyl (C=O) groups is 1. The van der Waals surface area contributed by atoms with Crippen LogP contribution in [0.25, 0.3) is 0 Å². The Hall–Kier alpha value is -0.610. The first-order valence-corrected chi connectivity index (χ1v) is 6.45. The van der Waals surface area contributed by atoms with E-state index < -0.39 is 0 Å². The van der Waals surface area contributed by atoms with Crippen molar-refractivity contribution in [2.45, 2.75) is 57.6 Å². The van der Waals surface area contributed by atoms with Gasteiger partial charge in [-0.05, 0) is 32.6 Å². The predicted molar refractivity (Wildman–Crippen MR) is 61.8 cm³/mol. The summed E-state index contributed by atoms with van der Waals surface area (Å²) in [4.78, 5) is 19.2. The van der Waals surface area contributed by atoms with Crippen molar-refractivity contribution in [3.63, 3.8) is 0 Å². The number of likely N-dealkylation sites (tertiary alicyclic amines) is 1. The summed E-state index contributed by atoms with van der Waals surface area (Å²) in [5, 5.41) is 0. The van der Waals surface area contributed by atoms with E-state index in [9.17, 15) is 4.79 Å². The quantitative estimate of drug-likeness (QED) is 0.738. The van der Waals surface area contributed by atoms with Crippen LogP contribution in [0, 0.1) is 0 Å². The molecule has 1 unspecified atom stereocenters. The maximum absolute atomic E-state index is 11.8. The summed E-state index contributed by atoms with van der Waals surface area (Å²) in [5.41, 5.74) is 2.83. The van der Waals surface area contributed by atoms with Crippen LogP contribution in [0.2, 0.25) is 0 Å². The molecule has 0 aromatic carbocycles. The number of nitrogens with zero attached hydrogens (tertiary/aromatic N) is 1. The fourth-order valence-electron chi connectivity index (χ4n) is 2.63. The van der Waals surface area contributed by atoms with Crippen molar-refractivity contribution in [1.82, 2.24) is 10.4 Å². The molecule has 1 aliphatic carbocycles. The maximum Gasteiger partial charge on any atom is 0.239 e. The van der Waals surface area contributed by atoms with Crippen molar-refractivity contribution in [3.05, 3.63) is 0 Å². The Balaban J connectivity index is 1.63. The van der Waals surface area contributed by atoms with E-state index in [1.807, 2.05) is 4.90 Å².